The molecule has 0 unspecified atom stereocenters. The van der Waals surface area contributed by atoms with Crippen LogP contribution in [0.1, 0.15) is 24.1 Å². The maximum atomic E-state index is 13.5. The standard InChI is InChI=1S/C19H20F2N2O5S2/c20-13-4-6-16(15(21)10-13)22-17(24)12-28-18(25)11-14-5-7-19(29-14)30(26,27)23-8-2-1-3-9-23/h4-7,10H,1-3,8-9,11-12H2,(H,22,24). The molecule has 2 heterocycles. The predicted molar refractivity (Wildman–Crippen MR) is 107 cm³/mol. The topological polar surface area (TPSA) is 92.8 Å². The zero-order valence-electron chi connectivity index (χ0n) is 15.9. The maximum Gasteiger partial charge on any atom is 0.311 e. The van der Waals surface area contributed by atoms with Gasteiger partial charge in [-0.05, 0) is 37.1 Å². The van der Waals surface area contributed by atoms with Crippen molar-refractivity contribution < 1.29 is 31.5 Å². The molecule has 2 aromatic rings. The molecule has 7 nitrogen and oxygen atoms in total. The first-order valence-corrected chi connectivity index (χ1v) is 11.5. The molecule has 1 fully saturated rings. The Bertz CT molecular complexity index is 1030. The molecule has 1 saturated heterocycles. The third kappa shape index (κ3) is 5.61. The second-order valence-corrected chi connectivity index (χ2v) is 10.0. The third-order valence-electron chi connectivity index (χ3n) is 4.43. The molecular formula is C19H20F2N2O5S2. The number of nitrogens with one attached hydrogen (secondary N) is 1. The predicted octanol–water partition coefficient (Wildman–Crippen LogP) is 2.93. The summed E-state index contributed by atoms with van der Waals surface area (Å²) >= 11 is 0.986. The minimum Gasteiger partial charge on any atom is -0.455 e. The monoisotopic (exact) mass is 458 g/mol. The van der Waals surface area contributed by atoms with Crippen LogP contribution in [-0.4, -0.2) is 44.3 Å². The van der Waals surface area contributed by atoms with E-state index in [4.69, 9.17) is 4.74 Å². The van der Waals surface area contributed by atoms with E-state index in [0.29, 0.717) is 24.0 Å². The summed E-state index contributed by atoms with van der Waals surface area (Å²) in [5.74, 6) is -3.24. The van der Waals surface area contributed by atoms with Crippen molar-refractivity contribution in [1.29, 1.82) is 0 Å². The Labute approximate surface area is 176 Å². The van der Waals surface area contributed by atoms with E-state index < -0.39 is 40.1 Å². The lowest BCUT2D eigenvalue weighted by molar-refractivity contribution is -0.146. The first-order chi connectivity index (χ1) is 14.3. The fourth-order valence-electron chi connectivity index (χ4n) is 2.94. The number of piperidine rings is 1. The number of benzene rings is 1. The Morgan fingerprint density at radius 2 is 1.83 bits per heavy atom. The van der Waals surface area contributed by atoms with Crippen LogP contribution in [0.25, 0.3) is 0 Å². The molecule has 0 saturated carbocycles. The zero-order valence-corrected chi connectivity index (χ0v) is 17.5. The second-order valence-electron chi connectivity index (χ2n) is 6.70. The Hall–Kier alpha value is -2.37. The van der Waals surface area contributed by atoms with E-state index in [1.807, 2.05) is 0 Å². The summed E-state index contributed by atoms with van der Waals surface area (Å²) < 4.78 is 58.1. The summed E-state index contributed by atoms with van der Waals surface area (Å²) in [4.78, 5) is 24.2. The number of carbonyl (C=O) groups excluding carboxylic acids is 2. The molecule has 30 heavy (non-hydrogen) atoms. The van der Waals surface area contributed by atoms with Gasteiger partial charge < -0.3 is 10.1 Å². The third-order valence-corrected chi connectivity index (χ3v) is 7.89. The first-order valence-electron chi connectivity index (χ1n) is 9.25. The number of sulfonamides is 1. The number of thiophene rings is 1. The van der Waals surface area contributed by atoms with Crippen LogP contribution in [0.5, 0.6) is 0 Å². The lowest BCUT2D eigenvalue weighted by Crippen LogP contribution is -2.35. The van der Waals surface area contributed by atoms with Crippen LogP contribution in [0.2, 0.25) is 0 Å². The molecule has 3 rings (SSSR count). The minimum atomic E-state index is -3.57. The highest BCUT2D eigenvalue weighted by Crippen LogP contribution is 2.27. The second kappa shape index (κ2) is 9.63. The summed E-state index contributed by atoms with van der Waals surface area (Å²) in [7, 11) is -3.57. The molecule has 0 radical (unpaired) electrons. The SMILES string of the molecule is O=C(COC(=O)Cc1ccc(S(=O)(=O)N2CCCCC2)s1)Nc1ccc(F)cc1F. The normalized spacial score (nSPS) is 15.0. The highest BCUT2D eigenvalue weighted by molar-refractivity contribution is 7.91. The molecule has 1 amide bonds. The van der Waals surface area contributed by atoms with Crippen molar-refractivity contribution in [2.45, 2.75) is 29.9 Å². The van der Waals surface area contributed by atoms with Crippen molar-refractivity contribution >= 4 is 38.9 Å². The summed E-state index contributed by atoms with van der Waals surface area (Å²) in [5, 5.41) is 2.18. The van der Waals surface area contributed by atoms with Gasteiger partial charge in [0.1, 0.15) is 15.8 Å². The minimum absolute atomic E-state index is 0.164. The maximum absolute atomic E-state index is 13.5. The van der Waals surface area contributed by atoms with Crippen LogP contribution in [0, 0.1) is 11.6 Å². The van der Waals surface area contributed by atoms with Gasteiger partial charge in [-0.2, -0.15) is 4.31 Å². The average Bonchev–Trinajstić information content (AvgIpc) is 3.18. The quantitative estimate of drug-likeness (QED) is 0.644. The van der Waals surface area contributed by atoms with E-state index in [1.54, 1.807) is 0 Å². The number of halogens is 2. The van der Waals surface area contributed by atoms with Crippen molar-refractivity contribution in [3.8, 4) is 0 Å². The van der Waals surface area contributed by atoms with Gasteiger partial charge in [0.2, 0.25) is 0 Å². The van der Waals surface area contributed by atoms with E-state index in [-0.39, 0.29) is 16.3 Å². The van der Waals surface area contributed by atoms with Crippen LogP contribution >= 0.6 is 11.3 Å². The first kappa shape index (κ1) is 22.3. The van der Waals surface area contributed by atoms with Gasteiger partial charge in [-0.1, -0.05) is 6.42 Å². The van der Waals surface area contributed by atoms with Crippen molar-refractivity contribution in [2.75, 3.05) is 25.0 Å². The van der Waals surface area contributed by atoms with Crippen LogP contribution in [-0.2, 0) is 30.8 Å². The van der Waals surface area contributed by atoms with Gasteiger partial charge in [-0.3, -0.25) is 9.59 Å². The van der Waals surface area contributed by atoms with Crippen LogP contribution in [0.15, 0.2) is 34.5 Å². The molecule has 0 bridgehead atoms. The molecule has 1 aliphatic rings. The van der Waals surface area contributed by atoms with Crippen molar-refractivity contribution in [3.63, 3.8) is 0 Å². The summed E-state index contributed by atoms with van der Waals surface area (Å²) in [5.41, 5.74) is -0.233. The summed E-state index contributed by atoms with van der Waals surface area (Å²) in [6, 6.07) is 5.66. The van der Waals surface area contributed by atoms with Gasteiger partial charge >= 0.3 is 5.97 Å². The highest BCUT2D eigenvalue weighted by atomic mass is 32.2. The van der Waals surface area contributed by atoms with Crippen LogP contribution in [0.4, 0.5) is 14.5 Å². The number of rotatable bonds is 7. The van der Waals surface area contributed by atoms with Crippen LogP contribution in [0.3, 0.4) is 0 Å². The van der Waals surface area contributed by atoms with Gasteiger partial charge in [0.25, 0.3) is 15.9 Å². The summed E-state index contributed by atoms with van der Waals surface area (Å²) in [6.07, 6.45) is 2.47. The molecule has 1 aliphatic heterocycles. The largest absolute Gasteiger partial charge is 0.455 e. The number of ether oxygens (including phenoxy) is 1. The lowest BCUT2D eigenvalue weighted by Gasteiger charge is -2.25. The van der Waals surface area contributed by atoms with E-state index >= 15 is 0 Å². The molecule has 0 aliphatic carbocycles. The van der Waals surface area contributed by atoms with Crippen molar-refractivity contribution in [3.05, 3.63) is 46.8 Å². The number of carbonyl (C=O) groups is 2. The Balaban J connectivity index is 1.51. The molecule has 11 heteroatoms. The fraction of sp³-hybridized carbons (Fsp3) is 0.368. The zero-order chi connectivity index (χ0) is 21.7. The number of hydrogen-bond donors (Lipinski definition) is 1. The van der Waals surface area contributed by atoms with E-state index in [1.165, 1.54) is 16.4 Å². The number of hydrogen-bond acceptors (Lipinski definition) is 6. The van der Waals surface area contributed by atoms with E-state index in [0.717, 1.165) is 42.7 Å². The number of esters is 1. The van der Waals surface area contributed by atoms with Gasteiger partial charge in [-0.25, -0.2) is 17.2 Å². The van der Waals surface area contributed by atoms with Gasteiger partial charge in [0, 0.05) is 24.0 Å². The summed E-state index contributed by atoms with van der Waals surface area (Å²) in [6.45, 7) is 0.322. The van der Waals surface area contributed by atoms with Gasteiger partial charge in [0.15, 0.2) is 6.61 Å². The van der Waals surface area contributed by atoms with Gasteiger partial charge in [-0.15, -0.1) is 11.3 Å². The number of nitrogens with zero attached hydrogens (tertiary/aromatic N) is 1. The van der Waals surface area contributed by atoms with E-state index in [9.17, 15) is 26.8 Å². The van der Waals surface area contributed by atoms with Gasteiger partial charge in [0.05, 0.1) is 12.1 Å². The molecule has 0 atom stereocenters. The lowest BCUT2D eigenvalue weighted by atomic mass is 10.2. The van der Waals surface area contributed by atoms with Crippen molar-refractivity contribution in [1.82, 2.24) is 4.31 Å². The number of amides is 1. The average molecular weight is 459 g/mol. The number of anilines is 1. The smallest absolute Gasteiger partial charge is 0.311 e. The molecule has 1 N–H and O–H groups in total. The van der Waals surface area contributed by atoms with Crippen molar-refractivity contribution in [2.24, 2.45) is 0 Å². The Morgan fingerprint density at radius 3 is 2.53 bits per heavy atom. The molecule has 0 spiro atoms. The molecule has 1 aromatic carbocycles. The fourth-order valence-corrected chi connectivity index (χ4v) is 5.95. The Morgan fingerprint density at radius 1 is 1.10 bits per heavy atom. The molecular weight excluding hydrogens is 438 g/mol. The van der Waals surface area contributed by atoms with Crippen LogP contribution < -0.4 is 5.32 Å². The highest BCUT2D eigenvalue weighted by Gasteiger charge is 2.27. The molecule has 162 valence electrons. The van der Waals surface area contributed by atoms with E-state index in [2.05, 4.69) is 5.32 Å². The molecule has 1 aromatic heterocycles. The Kier molecular flexibility index (Phi) is 7.16.